The number of benzene rings is 3. The molecule has 1 aliphatic heterocycles. The van der Waals surface area contributed by atoms with E-state index in [1.165, 1.54) is 51.3 Å². The summed E-state index contributed by atoms with van der Waals surface area (Å²) in [7, 11) is 4.24. The van der Waals surface area contributed by atoms with Gasteiger partial charge < -0.3 is 9.80 Å². The van der Waals surface area contributed by atoms with E-state index in [1.807, 2.05) is 0 Å². The summed E-state index contributed by atoms with van der Waals surface area (Å²) in [6, 6.07) is 22.4. The van der Waals surface area contributed by atoms with Gasteiger partial charge in [-0.15, -0.1) is 0 Å². The van der Waals surface area contributed by atoms with Crippen molar-refractivity contribution in [2.24, 2.45) is 0 Å². The van der Waals surface area contributed by atoms with Crippen LogP contribution in [0.4, 0.5) is 17.1 Å². The standard InChI is InChI=1S/C29H33N3/c1-6-32-16-10-11-20-17-24-26(19-27(20)32)29(2,3)25-18-22(31(4)5)14-15-23(25)28(24)30-21-12-8-7-9-13-21/h7-9,12-15,17-19H,6,10-11,16H2,1-5H3/p+1. The first-order valence-electron chi connectivity index (χ1n) is 11.8. The molecule has 2 aliphatic rings. The second-order valence-corrected chi connectivity index (χ2v) is 9.83. The molecule has 164 valence electrons. The van der Waals surface area contributed by atoms with E-state index >= 15 is 0 Å². The van der Waals surface area contributed by atoms with Crippen molar-refractivity contribution in [1.29, 1.82) is 0 Å². The lowest BCUT2D eigenvalue weighted by molar-refractivity contribution is -0.352. The molecule has 0 radical (unpaired) electrons. The Balaban J connectivity index is 1.80. The zero-order valence-electron chi connectivity index (χ0n) is 20.0. The largest absolute Gasteiger partial charge is 0.378 e. The summed E-state index contributed by atoms with van der Waals surface area (Å²) < 4.78 is 0. The molecule has 3 heteroatoms. The summed E-state index contributed by atoms with van der Waals surface area (Å²) in [5.74, 6) is 0. The molecule has 0 amide bonds. The van der Waals surface area contributed by atoms with E-state index in [1.54, 1.807) is 0 Å². The van der Waals surface area contributed by atoms with E-state index in [4.69, 9.17) is 0 Å². The maximum atomic E-state index is 3.80. The Morgan fingerprint density at radius 3 is 2.41 bits per heavy atom. The first kappa shape index (κ1) is 20.8. The second kappa shape index (κ2) is 7.81. The van der Waals surface area contributed by atoms with E-state index in [9.17, 15) is 0 Å². The molecule has 3 aromatic rings. The van der Waals surface area contributed by atoms with Crippen molar-refractivity contribution in [3.05, 3.63) is 88.5 Å². The number of anilines is 2. The lowest BCUT2D eigenvalue weighted by Crippen LogP contribution is -2.68. The van der Waals surface area contributed by atoms with E-state index in [0.717, 1.165) is 25.2 Å². The van der Waals surface area contributed by atoms with E-state index < -0.39 is 0 Å². The molecule has 1 N–H and O–H groups in total. The molecular weight excluding hydrogens is 390 g/mol. The van der Waals surface area contributed by atoms with Gasteiger partial charge >= 0.3 is 0 Å². The van der Waals surface area contributed by atoms with E-state index in [0.29, 0.717) is 0 Å². The second-order valence-electron chi connectivity index (χ2n) is 9.83. The monoisotopic (exact) mass is 424 g/mol. The van der Waals surface area contributed by atoms with E-state index in [2.05, 4.69) is 110 Å². The molecule has 5 rings (SSSR count). The Hall–Kier alpha value is -3.07. The summed E-state index contributed by atoms with van der Waals surface area (Å²) in [4.78, 5) is 8.54. The van der Waals surface area contributed by atoms with Crippen molar-refractivity contribution in [2.45, 2.75) is 39.0 Å². The van der Waals surface area contributed by atoms with Gasteiger partial charge in [-0.1, -0.05) is 32.0 Å². The van der Waals surface area contributed by atoms with E-state index in [-0.39, 0.29) is 5.41 Å². The highest BCUT2D eigenvalue weighted by molar-refractivity contribution is 6.14. The molecule has 0 fully saturated rings. The van der Waals surface area contributed by atoms with Gasteiger partial charge in [0, 0.05) is 56.1 Å². The number of hydrogen-bond acceptors (Lipinski definition) is 2. The third kappa shape index (κ3) is 3.31. The van der Waals surface area contributed by atoms with Crippen molar-refractivity contribution in [3.8, 4) is 0 Å². The number of rotatable bonds is 3. The fourth-order valence-corrected chi connectivity index (χ4v) is 5.40. The number of nitrogens with zero attached hydrogens (tertiary/aromatic N) is 2. The van der Waals surface area contributed by atoms with Crippen LogP contribution in [0.15, 0.2) is 60.7 Å². The van der Waals surface area contributed by atoms with Crippen LogP contribution in [0.2, 0.25) is 0 Å². The maximum Gasteiger partial charge on any atom is 0.219 e. The predicted octanol–water partition coefficient (Wildman–Crippen LogP) is 4.41. The van der Waals surface area contributed by atoms with Crippen LogP contribution in [0.3, 0.4) is 0 Å². The lowest BCUT2D eigenvalue weighted by atomic mass is 9.67. The molecule has 32 heavy (non-hydrogen) atoms. The van der Waals surface area contributed by atoms with Crippen LogP contribution in [-0.4, -0.2) is 32.9 Å². The van der Waals surface area contributed by atoms with Gasteiger partial charge in [-0.2, -0.15) is 0 Å². The Kier molecular flexibility index (Phi) is 5.08. The summed E-state index contributed by atoms with van der Waals surface area (Å²) in [6.45, 7) is 9.26. The maximum absolute atomic E-state index is 3.80. The molecule has 1 aliphatic carbocycles. The van der Waals surface area contributed by atoms with Gasteiger partial charge in [0.25, 0.3) is 0 Å². The van der Waals surface area contributed by atoms with Gasteiger partial charge in [0.2, 0.25) is 11.4 Å². The lowest BCUT2D eigenvalue weighted by Gasteiger charge is -2.38. The number of hydrogen-bond donors (Lipinski definition) is 1. The predicted molar refractivity (Wildman–Crippen MR) is 136 cm³/mol. The van der Waals surface area contributed by atoms with Crippen LogP contribution in [0.5, 0.6) is 0 Å². The minimum absolute atomic E-state index is 0.0789. The number of nitrogens with one attached hydrogen (secondary N) is 1. The molecule has 0 atom stereocenters. The van der Waals surface area contributed by atoms with Gasteiger partial charge in [0.15, 0.2) is 0 Å². The van der Waals surface area contributed by atoms with Crippen LogP contribution in [0.25, 0.3) is 0 Å². The molecule has 0 bridgehead atoms. The zero-order valence-corrected chi connectivity index (χ0v) is 20.0. The average Bonchev–Trinajstić information content (AvgIpc) is 2.81. The number of fused-ring (bicyclic) bond motifs is 3. The smallest absolute Gasteiger partial charge is 0.219 e. The van der Waals surface area contributed by atoms with Gasteiger partial charge in [-0.05, 0) is 66.8 Å². The van der Waals surface area contributed by atoms with Crippen LogP contribution in [0.1, 0.15) is 55.0 Å². The number of aryl methyl sites for hydroxylation is 1. The van der Waals surface area contributed by atoms with Gasteiger partial charge in [-0.3, -0.25) is 0 Å². The number of para-hydroxylation sites is 1. The van der Waals surface area contributed by atoms with Crippen LogP contribution in [0, 0.1) is 0 Å². The zero-order chi connectivity index (χ0) is 22.5. The Labute approximate surface area is 192 Å². The third-order valence-corrected chi connectivity index (χ3v) is 7.26. The topological polar surface area (TPSA) is 20.5 Å². The highest BCUT2D eigenvalue weighted by atomic mass is 15.1. The van der Waals surface area contributed by atoms with Crippen LogP contribution < -0.4 is 14.8 Å². The molecule has 3 nitrogen and oxygen atoms in total. The molecule has 3 aromatic carbocycles. The van der Waals surface area contributed by atoms with Crippen molar-refractivity contribution in [1.82, 2.24) is 0 Å². The molecule has 0 spiro atoms. The molecule has 0 saturated carbocycles. The minimum atomic E-state index is -0.0789. The van der Waals surface area contributed by atoms with Crippen molar-refractivity contribution in [2.75, 3.05) is 37.0 Å². The highest BCUT2D eigenvalue weighted by Crippen LogP contribution is 2.45. The average molecular weight is 425 g/mol. The Bertz CT molecular complexity index is 1190. The normalized spacial score (nSPS) is 17.5. The van der Waals surface area contributed by atoms with Crippen molar-refractivity contribution < 1.29 is 4.99 Å². The first-order valence-corrected chi connectivity index (χ1v) is 11.8. The van der Waals surface area contributed by atoms with Crippen molar-refractivity contribution in [3.63, 3.8) is 0 Å². The minimum Gasteiger partial charge on any atom is -0.378 e. The summed E-state index contributed by atoms with van der Waals surface area (Å²) in [6.07, 6.45) is 2.39. The highest BCUT2D eigenvalue weighted by Gasteiger charge is 2.40. The molecule has 0 aromatic heterocycles. The van der Waals surface area contributed by atoms with Crippen LogP contribution in [-0.2, 0) is 11.8 Å². The Morgan fingerprint density at radius 2 is 1.69 bits per heavy atom. The first-order chi connectivity index (χ1) is 15.4. The van der Waals surface area contributed by atoms with Crippen LogP contribution >= 0.6 is 0 Å². The molecule has 1 heterocycles. The molecule has 0 saturated heterocycles. The summed E-state index contributed by atoms with van der Waals surface area (Å²) in [5, 5.41) is 0. The fraction of sp³-hybridized carbons (Fsp3) is 0.345. The Morgan fingerprint density at radius 1 is 0.938 bits per heavy atom. The SMILES string of the molecule is CCN1CCCc2cc3c(cc21)C(C)(C)c1cc(N(C)C)ccc1C3=[NH+]c1ccccc1. The third-order valence-electron chi connectivity index (χ3n) is 7.26. The van der Waals surface area contributed by atoms with Gasteiger partial charge in [-0.25, -0.2) is 4.99 Å². The molecular formula is C29H34N3+. The van der Waals surface area contributed by atoms with Gasteiger partial charge in [0.05, 0.1) is 11.1 Å². The van der Waals surface area contributed by atoms with Gasteiger partial charge in [0.1, 0.15) is 0 Å². The van der Waals surface area contributed by atoms with Crippen molar-refractivity contribution >= 4 is 22.8 Å². The quantitative estimate of drug-likeness (QED) is 0.672. The fourth-order valence-electron chi connectivity index (χ4n) is 5.40. The molecule has 0 unspecified atom stereocenters. The summed E-state index contributed by atoms with van der Waals surface area (Å²) >= 11 is 0. The summed E-state index contributed by atoms with van der Waals surface area (Å²) in [5.41, 5.74) is 11.9.